The van der Waals surface area contributed by atoms with E-state index < -0.39 is 26.6 Å². The van der Waals surface area contributed by atoms with Gasteiger partial charge < -0.3 is 9.64 Å². The SMILES string of the molecule is CC1(C)CC(=O)C2=C(C1)N(c1cccc([N+](=O)[O-])c1)C1=C(C(=O)CC(C)(C)C1)C2c1cc(Br)ccc1OCc1cn(-c2ccc([N+](=O)[O-])cc2)nn1. The maximum Gasteiger partial charge on any atom is 0.271 e. The third-order valence-corrected chi connectivity index (χ3v) is 10.2. The zero-order valence-corrected chi connectivity index (χ0v) is 30.5. The zero-order chi connectivity index (χ0) is 37.1. The highest BCUT2D eigenvalue weighted by Gasteiger charge is 2.50. The molecule has 0 unspecified atom stereocenters. The zero-order valence-electron chi connectivity index (χ0n) is 29.0. The minimum atomic E-state index is -0.740. The Balaban J connectivity index is 1.34. The first-order valence-corrected chi connectivity index (χ1v) is 17.6. The molecule has 0 fully saturated rings. The summed E-state index contributed by atoms with van der Waals surface area (Å²) < 4.78 is 8.64. The molecule has 2 aliphatic carbocycles. The predicted octanol–water partition coefficient (Wildman–Crippen LogP) is 8.32. The van der Waals surface area contributed by atoms with Crippen LogP contribution in [0.2, 0.25) is 0 Å². The lowest BCUT2D eigenvalue weighted by Crippen LogP contribution is -2.44. The van der Waals surface area contributed by atoms with Crippen LogP contribution in [0.15, 0.2) is 99.9 Å². The van der Waals surface area contributed by atoms with Crippen molar-refractivity contribution in [3.8, 4) is 11.4 Å². The summed E-state index contributed by atoms with van der Waals surface area (Å²) >= 11 is 3.62. The molecule has 2 heterocycles. The van der Waals surface area contributed by atoms with Gasteiger partial charge in [-0.25, -0.2) is 4.68 Å². The third kappa shape index (κ3) is 6.54. The molecule has 7 rings (SSSR count). The van der Waals surface area contributed by atoms with E-state index in [1.54, 1.807) is 36.5 Å². The molecule has 13 nitrogen and oxygen atoms in total. The third-order valence-electron chi connectivity index (χ3n) is 9.73. The summed E-state index contributed by atoms with van der Waals surface area (Å²) in [5.74, 6) is -0.466. The quantitative estimate of drug-likeness (QED) is 0.126. The second-order valence-electron chi connectivity index (χ2n) is 15.0. The first kappa shape index (κ1) is 34.9. The van der Waals surface area contributed by atoms with Gasteiger partial charge in [0.05, 0.1) is 27.4 Å². The smallest absolute Gasteiger partial charge is 0.271 e. The van der Waals surface area contributed by atoms with E-state index in [4.69, 9.17) is 4.74 Å². The summed E-state index contributed by atoms with van der Waals surface area (Å²) in [6, 6.07) is 17.8. The van der Waals surface area contributed by atoms with E-state index in [2.05, 4.69) is 26.2 Å². The number of Topliss-reactive ketones (excluding diaryl/α,β-unsaturated/α-hetero) is 2. The van der Waals surface area contributed by atoms with Gasteiger partial charge in [-0.1, -0.05) is 54.9 Å². The van der Waals surface area contributed by atoms with Gasteiger partial charge in [-0.05, 0) is 60.1 Å². The molecule has 1 aliphatic heterocycles. The van der Waals surface area contributed by atoms with Crippen LogP contribution < -0.4 is 9.64 Å². The van der Waals surface area contributed by atoms with E-state index in [0.717, 1.165) is 15.9 Å². The van der Waals surface area contributed by atoms with Gasteiger partial charge in [-0.15, -0.1) is 5.10 Å². The molecule has 0 spiro atoms. The number of non-ortho nitro benzene ring substituents is 2. The number of ether oxygens (including phenoxy) is 1. The first-order chi connectivity index (χ1) is 24.6. The Bertz CT molecular complexity index is 2180. The van der Waals surface area contributed by atoms with Crippen LogP contribution in [0.3, 0.4) is 0 Å². The number of hydrogen-bond donors (Lipinski definition) is 0. The predicted molar refractivity (Wildman–Crippen MR) is 195 cm³/mol. The van der Waals surface area contributed by atoms with E-state index in [9.17, 15) is 29.8 Å². The molecule has 0 atom stereocenters. The van der Waals surface area contributed by atoms with Crippen molar-refractivity contribution in [3.63, 3.8) is 0 Å². The lowest BCUT2D eigenvalue weighted by atomic mass is 9.63. The van der Waals surface area contributed by atoms with E-state index in [1.807, 2.05) is 44.7 Å². The number of hydrogen-bond acceptors (Lipinski definition) is 10. The number of allylic oxidation sites excluding steroid dienone is 4. The van der Waals surface area contributed by atoms with Gasteiger partial charge in [0.25, 0.3) is 11.4 Å². The van der Waals surface area contributed by atoms with Crippen molar-refractivity contribution in [2.24, 2.45) is 10.8 Å². The van der Waals surface area contributed by atoms with Gasteiger partial charge in [0, 0.05) is 75.6 Å². The average Bonchev–Trinajstić information content (AvgIpc) is 3.55. The van der Waals surface area contributed by atoms with Gasteiger partial charge in [0.1, 0.15) is 18.1 Å². The summed E-state index contributed by atoms with van der Waals surface area (Å²) in [7, 11) is 0. The monoisotopic (exact) mass is 766 g/mol. The summed E-state index contributed by atoms with van der Waals surface area (Å²) in [5.41, 5.74) is 3.75. The van der Waals surface area contributed by atoms with Crippen molar-refractivity contribution in [2.45, 2.75) is 65.9 Å². The number of nitro groups is 2. The van der Waals surface area contributed by atoms with Crippen molar-refractivity contribution in [1.82, 2.24) is 15.0 Å². The number of carbonyl (C=O) groups is 2. The molecule has 52 heavy (non-hydrogen) atoms. The molecule has 3 aliphatic rings. The Labute approximate surface area is 307 Å². The van der Waals surface area contributed by atoms with Crippen LogP contribution in [0.4, 0.5) is 17.1 Å². The summed E-state index contributed by atoms with van der Waals surface area (Å²) in [4.78, 5) is 52.9. The molecule has 3 aromatic carbocycles. The Morgan fingerprint density at radius 1 is 0.808 bits per heavy atom. The fourth-order valence-corrected chi connectivity index (χ4v) is 7.96. The molecule has 266 valence electrons. The molecule has 0 saturated heterocycles. The Hall–Kier alpha value is -5.50. The van der Waals surface area contributed by atoms with Gasteiger partial charge in [-0.2, -0.15) is 0 Å². The maximum absolute atomic E-state index is 14.4. The number of nitro benzene ring substituents is 2. The first-order valence-electron chi connectivity index (χ1n) is 16.8. The summed E-state index contributed by atoms with van der Waals surface area (Å²) in [6.45, 7) is 8.15. The lowest BCUT2D eigenvalue weighted by Gasteiger charge is -2.49. The van der Waals surface area contributed by atoms with Crippen LogP contribution in [-0.2, 0) is 16.2 Å². The van der Waals surface area contributed by atoms with Crippen molar-refractivity contribution >= 4 is 44.6 Å². The summed E-state index contributed by atoms with van der Waals surface area (Å²) in [5, 5.41) is 31.4. The average molecular weight is 768 g/mol. The minimum Gasteiger partial charge on any atom is -0.487 e. The normalized spacial score (nSPS) is 18.3. The number of aromatic nitrogens is 3. The van der Waals surface area contributed by atoms with Crippen molar-refractivity contribution in [1.29, 1.82) is 0 Å². The van der Waals surface area contributed by atoms with E-state index >= 15 is 0 Å². The number of carbonyl (C=O) groups excluding carboxylic acids is 2. The van der Waals surface area contributed by atoms with Crippen LogP contribution >= 0.6 is 15.9 Å². The van der Waals surface area contributed by atoms with Crippen LogP contribution in [0.25, 0.3) is 5.69 Å². The molecule has 1 aromatic heterocycles. The highest BCUT2D eigenvalue weighted by atomic mass is 79.9. The van der Waals surface area contributed by atoms with Crippen LogP contribution in [0.5, 0.6) is 5.75 Å². The van der Waals surface area contributed by atoms with Gasteiger partial charge in [-0.3, -0.25) is 29.8 Å². The van der Waals surface area contributed by atoms with Crippen LogP contribution in [-0.4, -0.2) is 36.4 Å². The maximum atomic E-state index is 14.4. The van der Waals surface area contributed by atoms with E-state index in [-0.39, 0.29) is 42.4 Å². The lowest BCUT2D eigenvalue weighted by molar-refractivity contribution is -0.385. The van der Waals surface area contributed by atoms with Crippen LogP contribution in [0.1, 0.15) is 70.6 Å². The molecule has 0 saturated carbocycles. The van der Waals surface area contributed by atoms with Crippen molar-refractivity contribution < 1.29 is 24.2 Å². The minimum absolute atomic E-state index is 0.00784. The van der Waals surface area contributed by atoms with Crippen LogP contribution in [0, 0.1) is 31.1 Å². The van der Waals surface area contributed by atoms with Crippen molar-refractivity contribution in [2.75, 3.05) is 4.90 Å². The molecule has 0 N–H and O–H groups in total. The second-order valence-corrected chi connectivity index (χ2v) is 16.0. The molecule has 0 radical (unpaired) electrons. The number of benzene rings is 3. The largest absolute Gasteiger partial charge is 0.487 e. The molecule has 14 heteroatoms. The van der Waals surface area contributed by atoms with Gasteiger partial charge >= 0.3 is 0 Å². The number of nitrogens with zero attached hydrogens (tertiary/aromatic N) is 6. The standard InChI is InChI=1S/C38H35BrN6O7/c1-37(2)16-29-35(31(46)18-37)34(36-30(17-38(3,4)19-32(36)47)43(29)26-6-5-7-27(15-26)45(50)51)28-14-22(39)8-13-33(28)52-21-23-20-42(41-40-23)24-9-11-25(12-10-24)44(48)49/h5-15,20,34H,16-19,21H2,1-4H3. The van der Waals surface area contributed by atoms with Gasteiger partial charge in [0.15, 0.2) is 11.6 Å². The van der Waals surface area contributed by atoms with E-state index in [0.29, 0.717) is 52.4 Å². The molecular formula is C38H35BrN6O7. The number of rotatable bonds is 8. The highest BCUT2D eigenvalue weighted by Crippen LogP contribution is 2.56. The molecule has 0 amide bonds. The second kappa shape index (κ2) is 12.9. The fourth-order valence-electron chi connectivity index (χ4n) is 7.58. The number of anilines is 1. The number of halogens is 1. The Kier molecular flexibility index (Phi) is 8.68. The number of ketones is 2. The fraction of sp³-hybridized carbons (Fsp3) is 0.316. The molecular weight excluding hydrogens is 732 g/mol. The molecule has 0 bridgehead atoms. The van der Waals surface area contributed by atoms with E-state index in [1.165, 1.54) is 28.9 Å². The Morgan fingerprint density at radius 2 is 1.42 bits per heavy atom. The highest BCUT2D eigenvalue weighted by molar-refractivity contribution is 9.10. The summed E-state index contributed by atoms with van der Waals surface area (Å²) in [6.07, 6.45) is 3.22. The topological polar surface area (TPSA) is 164 Å². The van der Waals surface area contributed by atoms with Crippen molar-refractivity contribution in [3.05, 3.63) is 131 Å². The van der Waals surface area contributed by atoms with Gasteiger partial charge in [0.2, 0.25) is 0 Å². The molecule has 4 aromatic rings. The Morgan fingerprint density at radius 3 is 2.02 bits per heavy atom.